The molecule has 0 aromatic heterocycles. The third-order valence-electron chi connectivity index (χ3n) is 4.83. The van der Waals surface area contributed by atoms with Gasteiger partial charge in [0.2, 0.25) is 5.91 Å². The molecule has 1 aliphatic rings. The number of carbonyl (C=O) groups excluding carboxylic acids is 3. The van der Waals surface area contributed by atoms with E-state index < -0.39 is 23.7 Å². The predicted molar refractivity (Wildman–Crippen MR) is 106 cm³/mol. The Balaban J connectivity index is 1.73. The molecule has 0 fully saturated rings. The lowest BCUT2D eigenvalue weighted by Crippen LogP contribution is -2.41. The molecule has 2 atom stereocenters. The molecule has 0 unspecified atom stereocenters. The Kier molecular flexibility index (Phi) is 6.29. The van der Waals surface area contributed by atoms with E-state index in [0.717, 1.165) is 0 Å². The maximum absolute atomic E-state index is 12.6. The van der Waals surface area contributed by atoms with E-state index in [1.54, 1.807) is 54.6 Å². The van der Waals surface area contributed by atoms with Gasteiger partial charge in [0.25, 0.3) is 5.91 Å². The number of rotatable bonds is 6. The summed E-state index contributed by atoms with van der Waals surface area (Å²) in [5.41, 5.74) is 1.40. The van der Waals surface area contributed by atoms with Crippen LogP contribution in [0.4, 0.5) is 11.4 Å². The predicted octanol–water partition coefficient (Wildman–Crippen LogP) is 2.22. The number of hydrogen-bond acceptors (Lipinski definition) is 5. The van der Waals surface area contributed by atoms with Crippen molar-refractivity contribution in [2.75, 3.05) is 17.7 Å². The van der Waals surface area contributed by atoms with E-state index in [2.05, 4.69) is 10.6 Å². The first kappa shape index (κ1) is 20.1. The summed E-state index contributed by atoms with van der Waals surface area (Å²) in [6.45, 7) is 0. The van der Waals surface area contributed by atoms with Gasteiger partial charge in [-0.3, -0.25) is 9.59 Å². The van der Waals surface area contributed by atoms with Gasteiger partial charge in [0.05, 0.1) is 18.7 Å². The van der Waals surface area contributed by atoms with Crippen LogP contribution in [0.15, 0.2) is 60.7 Å². The van der Waals surface area contributed by atoms with Gasteiger partial charge in [0.15, 0.2) is 0 Å². The molecular weight excluding hydrogens is 372 g/mol. The molecule has 1 aliphatic carbocycles. The first-order chi connectivity index (χ1) is 14.0. The van der Waals surface area contributed by atoms with Crippen LogP contribution in [0.1, 0.15) is 23.2 Å². The van der Waals surface area contributed by atoms with Crippen molar-refractivity contribution in [3.8, 4) is 5.75 Å². The molecule has 0 aliphatic heterocycles. The molecule has 2 amide bonds. The molecule has 2 aromatic rings. The van der Waals surface area contributed by atoms with Crippen LogP contribution in [0.25, 0.3) is 0 Å². The number of ether oxygens (including phenoxy) is 1. The number of nitrogens with one attached hydrogen (secondary N) is 2. The van der Waals surface area contributed by atoms with Crippen LogP contribution in [0.2, 0.25) is 0 Å². The Morgan fingerprint density at radius 3 is 2.31 bits per heavy atom. The molecule has 150 valence electrons. The van der Waals surface area contributed by atoms with Crippen LogP contribution in [-0.4, -0.2) is 24.9 Å². The normalized spacial score (nSPS) is 18.0. The number of hydrogen-bond donors (Lipinski definition) is 2. The smallest absolute Gasteiger partial charge is 0.255 e. The topological polar surface area (TPSA) is 108 Å². The summed E-state index contributed by atoms with van der Waals surface area (Å²) in [5, 5.41) is 16.8. The summed E-state index contributed by atoms with van der Waals surface area (Å²) in [4.78, 5) is 36.2. The SMILES string of the molecule is COc1cc(NC(=O)[C@H]2CC=CC[C@H]2C(=O)[O-])ccc1NC(=O)c1ccccc1. The lowest BCUT2D eigenvalue weighted by Gasteiger charge is -2.28. The van der Waals surface area contributed by atoms with E-state index in [1.165, 1.54) is 7.11 Å². The molecule has 3 rings (SSSR count). The minimum absolute atomic E-state index is 0.272. The van der Waals surface area contributed by atoms with Crippen molar-refractivity contribution in [3.63, 3.8) is 0 Å². The van der Waals surface area contributed by atoms with Crippen molar-refractivity contribution in [2.45, 2.75) is 12.8 Å². The number of carboxylic acid groups (broad SMARTS) is 1. The van der Waals surface area contributed by atoms with Gasteiger partial charge in [-0.2, -0.15) is 0 Å². The number of carbonyl (C=O) groups is 3. The lowest BCUT2D eigenvalue weighted by molar-refractivity contribution is -0.313. The van der Waals surface area contributed by atoms with Gasteiger partial charge in [-0.05, 0) is 37.1 Å². The summed E-state index contributed by atoms with van der Waals surface area (Å²) in [5.74, 6) is -3.10. The van der Waals surface area contributed by atoms with Crippen molar-refractivity contribution in [1.82, 2.24) is 0 Å². The van der Waals surface area contributed by atoms with Crippen LogP contribution in [0.3, 0.4) is 0 Å². The molecule has 0 saturated carbocycles. The molecule has 0 spiro atoms. The molecular formula is C22H21N2O5-. The fourth-order valence-electron chi connectivity index (χ4n) is 3.26. The molecule has 2 N–H and O–H groups in total. The Morgan fingerprint density at radius 1 is 0.966 bits per heavy atom. The first-order valence-corrected chi connectivity index (χ1v) is 9.20. The molecule has 7 heteroatoms. The average molecular weight is 393 g/mol. The van der Waals surface area contributed by atoms with Crippen LogP contribution >= 0.6 is 0 Å². The molecule has 0 radical (unpaired) electrons. The molecule has 29 heavy (non-hydrogen) atoms. The zero-order chi connectivity index (χ0) is 20.8. The first-order valence-electron chi connectivity index (χ1n) is 9.20. The maximum Gasteiger partial charge on any atom is 0.255 e. The van der Waals surface area contributed by atoms with Gasteiger partial charge < -0.3 is 25.3 Å². The fourth-order valence-corrected chi connectivity index (χ4v) is 3.26. The molecule has 0 heterocycles. The third-order valence-corrected chi connectivity index (χ3v) is 4.83. The Morgan fingerprint density at radius 2 is 1.66 bits per heavy atom. The highest BCUT2D eigenvalue weighted by atomic mass is 16.5. The molecule has 2 aromatic carbocycles. The summed E-state index contributed by atoms with van der Waals surface area (Å²) in [6.07, 6.45) is 4.16. The average Bonchev–Trinajstić information content (AvgIpc) is 2.75. The van der Waals surface area contributed by atoms with Gasteiger partial charge in [0.1, 0.15) is 5.75 Å². The number of benzene rings is 2. The van der Waals surface area contributed by atoms with Gasteiger partial charge >= 0.3 is 0 Å². The Hall–Kier alpha value is -3.61. The highest BCUT2D eigenvalue weighted by molar-refractivity contribution is 6.05. The van der Waals surface area contributed by atoms with Crippen molar-refractivity contribution in [2.24, 2.45) is 11.8 Å². The summed E-state index contributed by atoms with van der Waals surface area (Å²) in [6, 6.07) is 13.6. The number of allylic oxidation sites excluding steroid dienone is 2. The zero-order valence-corrected chi connectivity index (χ0v) is 15.9. The van der Waals surface area contributed by atoms with Gasteiger partial charge in [-0.1, -0.05) is 30.4 Å². The van der Waals surface area contributed by atoms with E-state index >= 15 is 0 Å². The number of anilines is 2. The van der Waals surface area contributed by atoms with Crippen LogP contribution in [0, 0.1) is 11.8 Å². The van der Waals surface area contributed by atoms with Gasteiger partial charge in [-0.15, -0.1) is 0 Å². The van der Waals surface area contributed by atoms with Crippen molar-refractivity contribution in [3.05, 3.63) is 66.2 Å². The minimum Gasteiger partial charge on any atom is -0.550 e. The monoisotopic (exact) mass is 393 g/mol. The standard InChI is InChI=1S/C22H22N2O5/c1-29-19-13-15(23-21(26)16-9-5-6-10-17(16)22(27)28)11-12-18(19)24-20(25)14-7-3-2-4-8-14/h2-8,11-13,16-17H,9-10H2,1H3,(H,23,26)(H,24,25)(H,27,28)/p-1/t16-,17+/m0/s1. The van der Waals surface area contributed by atoms with E-state index in [-0.39, 0.29) is 12.3 Å². The maximum atomic E-state index is 12.6. The molecule has 7 nitrogen and oxygen atoms in total. The van der Waals surface area contributed by atoms with E-state index in [4.69, 9.17) is 4.74 Å². The van der Waals surface area contributed by atoms with Crippen LogP contribution in [0.5, 0.6) is 5.75 Å². The highest BCUT2D eigenvalue weighted by Gasteiger charge is 2.30. The molecule has 0 bridgehead atoms. The highest BCUT2D eigenvalue weighted by Crippen LogP contribution is 2.30. The van der Waals surface area contributed by atoms with E-state index in [0.29, 0.717) is 29.1 Å². The summed E-state index contributed by atoms with van der Waals surface area (Å²) in [7, 11) is 1.46. The number of carboxylic acids is 1. The quantitative estimate of drug-likeness (QED) is 0.732. The number of aliphatic carboxylic acids is 1. The minimum atomic E-state index is -1.23. The second-order valence-corrected chi connectivity index (χ2v) is 6.70. The van der Waals surface area contributed by atoms with Crippen molar-refractivity contribution in [1.29, 1.82) is 0 Å². The zero-order valence-electron chi connectivity index (χ0n) is 15.9. The Labute approximate surface area is 168 Å². The summed E-state index contributed by atoms with van der Waals surface area (Å²) < 4.78 is 5.33. The van der Waals surface area contributed by atoms with E-state index in [1.807, 2.05) is 6.07 Å². The van der Waals surface area contributed by atoms with Crippen LogP contribution < -0.4 is 20.5 Å². The van der Waals surface area contributed by atoms with Gasteiger partial charge in [0, 0.05) is 29.2 Å². The number of methoxy groups -OCH3 is 1. The summed E-state index contributed by atoms with van der Waals surface area (Å²) >= 11 is 0. The fraction of sp³-hybridized carbons (Fsp3) is 0.227. The second-order valence-electron chi connectivity index (χ2n) is 6.70. The largest absolute Gasteiger partial charge is 0.550 e. The Bertz CT molecular complexity index is 939. The third kappa shape index (κ3) is 4.82. The number of amides is 2. The van der Waals surface area contributed by atoms with Crippen molar-refractivity contribution < 1.29 is 24.2 Å². The van der Waals surface area contributed by atoms with Gasteiger partial charge in [-0.25, -0.2) is 0 Å². The molecule has 0 saturated heterocycles. The van der Waals surface area contributed by atoms with Crippen LogP contribution in [-0.2, 0) is 9.59 Å². The van der Waals surface area contributed by atoms with Crippen molar-refractivity contribution >= 4 is 29.2 Å². The lowest BCUT2D eigenvalue weighted by atomic mass is 9.82. The van der Waals surface area contributed by atoms with E-state index in [9.17, 15) is 19.5 Å². The second kappa shape index (κ2) is 9.05.